The minimum atomic E-state index is -0.405. The number of methoxy groups -OCH3 is 1. The summed E-state index contributed by atoms with van der Waals surface area (Å²) < 4.78 is 4.71. The number of nitrogens with zero attached hydrogens (tertiary/aromatic N) is 2. The minimum Gasteiger partial charge on any atom is -0.465 e. The van der Waals surface area contributed by atoms with Gasteiger partial charge in [0.25, 0.3) is 0 Å². The smallest absolute Gasteiger partial charge is 0.338 e. The monoisotopic (exact) mass is 248 g/mol. The van der Waals surface area contributed by atoms with Gasteiger partial charge >= 0.3 is 5.97 Å². The van der Waals surface area contributed by atoms with Crippen molar-refractivity contribution < 1.29 is 9.53 Å². The Morgan fingerprint density at radius 2 is 2.00 bits per heavy atom. The van der Waals surface area contributed by atoms with Gasteiger partial charge in [-0.1, -0.05) is 29.8 Å². The maximum atomic E-state index is 11.6. The van der Waals surface area contributed by atoms with Crippen LogP contribution < -0.4 is 0 Å². The van der Waals surface area contributed by atoms with E-state index in [-0.39, 0.29) is 0 Å². The van der Waals surface area contributed by atoms with Crippen molar-refractivity contribution in [2.75, 3.05) is 7.11 Å². The van der Waals surface area contributed by atoms with E-state index in [2.05, 4.69) is 9.97 Å². The third kappa shape index (κ3) is 2.42. The highest BCUT2D eigenvalue weighted by Gasteiger charge is 2.13. The van der Waals surface area contributed by atoms with Crippen molar-refractivity contribution >= 4 is 17.6 Å². The van der Waals surface area contributed by atoms with Gasteiger partial charge in [-0.2, -0.15) is 0 Å². The van der Waals surface area contributed by atoms with E-state index in [1.54, 1.807) is 18.2 Å². The summed E-state index contributed by atoms with van der Waals surface area (Å²) in [6.45, 7) is 0. The molecular weight excluding hydrogens is 240 g/mol. The van der Waals surface area contributed by atoms with Gasteiger partial charge in [-0.25, -0.2) is 9.78 Å². The van der Waals surface area contributed by atoms with Gasteiger partial charge in [0.2, 0.25) is 0 Å². The first kappa shape index (κ1) is 11.5. The van der Waals surface area contributed by atoms with E-state index >= 15 is 0 Å². The molecule has 0 aliphatic heterocycles. The molecule has 1 heterocycles. The molecular formula is C12H9ClN2O2. The molecule has 0 fully saturated rings. The van der Waals surface area contributed by atoms with E-state index < -0.39 is 5.97 Å². The van der Waals surface area contributed by atoms with Crippen LogP contribution in [0.1, 0.15) is 10.4 Å². The number of carbonyl (C=O) groups excluding carboxylic acids is 1. The van der Waals surface area contributed by atoms with E-state index in [1.807, 2.05) is 6.07 Å². The summed E-state index contributed by atoms with van der Waals surface area (Å²) >= 11 is 5.66. The molecule has 2 aromatic rings. The summed E-state index contributed by atoms with van der Waals surface area (Å²) in [5.74, 6) is -0.405. The van der Waals surface area contributed by atoms with Gasteiger partial charge in [0.1, 0.15) is 5.15 Å². The Morgan fingerprint density at radius 3 is 2.65 bits per heavy atom. The van der Waals surface area contributed by atoms with Crippen LogP contribution in [-0.2, 0) is 4.74 Å². The lowest BCUT2D eigenvalue weighted by Crippen LogP contribution is -2.03. The molecule has 0 amide bonds. The largest absolute Gasteiger partial charge is 0.465 e. The lowest BCUT2D eigenvalue weighted by Gasteiger charge is -2.06. The third-order valence-corrected chi connectivity index (χ3v) is 2.42. The summed E-state index contributed by atoms with van der Waals surface area (Å²) in [6, 6.07) is 7.04. The van der Waals surface area contributed by atoms with Crippen molar-refractivity contribution in [1.29, 1.82) is 0 Å². The predicted octanol–water partition coefficient (Wildman–Crippen LogP) is 2.58. The molecule has 17 heavy (non-hydrogen) atoms. The van der Waals surface area contributed by atoms with E-state index in [9.17, 15) is 4.79 Å². The number of halogens is 1. The second kappa shape index (κ2) is 4.93. The molecule has 0 aliphatic rings. The predicted molar refractivity (Wildman–Crippen MR) is 63.8 cm³/mol. The molecule has 1 aromatic carbocycles. The molecule has 1 aromatic heterocycles. The molecule has 4 nitrogen and oxygen atoms in total. The quantitative estimate of drug-likeness (QED) is 0.767. The number of hydrogen-bond acceptors (Lipinski definition) is 4. The standard InChI is InChI=1S/C12H9ClN2O2/c1-17-12(16)9-5-3-2-4-8(9)10-6-15-11(13)7-14-10/h2-7H,1H3. The number of benzene rings is 1. The van der Waals surface area contributed by atoms with Gasteiger partial charge in [-0.15, -0.1) is 0 Å². The summed E-state index contributed by atoms with van der Waals surface area (Å²) in [6.07, 6.45) is 2.95. The molecule has 86 valence electrons. The average Bonchev–Trinajstić information content (AvgIpc) is 2.39. The van der Waals surface area contributed by atoms with E-state index in [0.29, 0.717) is 22.0 Å². The molecule has 0 radical (unpaired) electrons. The molecule has 0 unspecified atom stereocenters. The number of rotatable bonds is 2. The first-order valence-corrected chi connectivity index (χ1v) is 5.25. The Kier molecular flexibility index (Phi) is 3.35. The molecule has 5 heteroatoms. The zero-order chi connectivity index (χ0) is 12.3. The Balaban J connectivity index is 2.51. The van der Waals surface area contributed by atoms with Crippen LogP contribution in [0.5, 0.6) is 0 Å². The highest BCUT2D eigenvalue weighted by Crippen LogP contribution is 2.22. The number of hydrogen-bond donors (Lipinski definition) is 0. The van der Waals surface area contributed by atoms with E-state index in [1.165, 1.54) is 19.5 Å². The van der Waals surface area contributed by atoms with Crippen LogP contribution in [-0.4, -0.2) is 23.0 Å². The van der Waals surface area contributed by atoms with Crippen LogP contribution >= 0.6 is 11.6 Å². The fourth-order valence-electron chi connectivity index (χ4n) is 1.45. The van der Waals surface area contributed by atoms with Gasteiger partial charge in [-0.3, -0.25) is 4.98 Å². The first-order valence-electron chi connectivity index (χ1n) is 4.87. The number of ether oxygens (including phenoxy) is 1. The number of carbonyl (C=O) groups is 1. The van der Waals surface area contributed by atoms with Gasteiger partial charge < -0.3 is 4.74 Å². The Morgan fingerprint density at radius 1 is 1.24 bits per heavy atom. The van der Waals surface area contributed by atoms with Crippen molar-refractivity contribution in [1.82, 2.24) is 9.97 Å². The van der Waals surface area contributed by atoms with Gasteiger partial charge in [-0.05, 0) is 6.07 Å². The maximum absolute atomic E-state index is 11.6. The van der Waals surface area contributed by atoms with Gasteiger partial charge in [0.05, 0.1) is 30.8 Å². The van der Waals surface area contributed by atoms with Crippen LogP contribution in [0.2, 0.25) is 5.15 Å². The Labute approximate surface area is 103 Å². The van der Waals surface area contributed by atoms with Crippen LogP contribution in [0.15, 0.2) is 36.7 Å². The molecule has 0 saturated carbocycles. The SMILES string of the molecule is COC(=O)c1ccccc1-c1cnc(Cl)cn1. The zero-order valence-electron chi connectivity index (χ0n) is 9.05. The van der Waals surface area contributed by atoms with Gasteiger partial charge in [0, 0.05) is 5.56 Å². The Hall–Kier alpha value is -1.94. The van der Waals surface area contributed by atoms with E-state index in [0.717, 1.165) is 0 Å². The normalized spacial score (nSPS) is 10.0. The van der Waals surface area contributed by atoms with Crippen molar-refractivity contribution in [3.05, 3.63) is 47.4 Å². The summed E-state index contributed by atoms with van der Waals surface area (Å²) in [4.78, 5) is 19.6. The van der Waals surface area contributed by atoms with Crippen molar-refractivity contribution in [3.8, 4) is 11.3 Å². The highest BCUT2D eigenvalue weighted by atomic mass is 35.5. The van der Waals surface area contributed by atoms with E-state index in [4.69, 9.17) is 16.3 Å². The molecule has 0 bridgehead atoms. The lowest BCUT2D eigenvalue weighted by molar-refractivity contribution is 0.0601. The molecule has 0 saturated heterocycles. The lowest BCUT2D eigenvalue weighted by atomic mass is 10.1. The highest BCUT2D eigenvalue weighted by molar-refractivity contribution is 6.29. The minimum absolute atomic E-state index is 0.310. The fraction of sp³-hybridized carbons (Fsp3) is 0.0833. The summed E-state index contributed by atoms with van der Waals surface area (Å²) in [7, 11) is 1.34. The number of aromatic nitrogens is 2. The third-order valence-electron chi connectivity index (χ3n) is 2.23. The molecule has 0 atom stereocenters. The van der Waals surface area contributed by atoms with Crippen molar-refractivity contribution in [2.45, 2.75) is 0 Å². The average molecular weight is 249 g/mol. The van der Waals surface area contributed by atoms with Crippen molar-refractivity contribution in [2.24, 2.45) is 0 Å². The molecule has 0 aliphatic carbocycles. The van der Waals surface area contributed by atoms with Crippen LogP contribution in [0.3, 0.4) is 0 Å². The topological polar surface area (TPSA) is 52.1 Å². The second-order valence-corrected chi connectivity index (χ2v) is 3.65. The maximum Gasteiger partial charge on any atom is 0.338 e. The fourth-order valence-corrected chi connectivity index (χ4v) is 1.54. The summed E-state index contributed by atoms with van der Waals surface area (Å²) in [5, 5.41) is 0.310. The molecule has 2 rings (SSSR count). The first-order chi connectivity index (χ1) is 8.22. The molecule has 0 N–H and O–H groups in total. The second-order valence-electron chi connectivity index (χ2n) is 3.26. The Bertz CT molecular complexity index is 540. The van der Waals surface area contributed by atoms with Crippen molar-refractivity contribution in [3.63, 3.8) is 0 Å². The van der Waals surface area contributed by atoms with Crippen LogP contribution in [0, 0.1) is 0 Å². The van der Waals surface area contributed by atoms with Crippen LogP contribution in [0.4, 0.5) is 0 Å². The number of esters is 1. The molecule has 0 spiro atoms. The zero-order valence-corrected chi connectivity index (χ0v) is 9.81. The van der Waals surface area contributed by atoms with Gasteiger partial charge in [0.15, 0.2) is 0 Å². The van der Waals surface area contributed by atoms with Crippen LogP contribution in [0.25, 0.3) is 11.3 Å². The summed E-state index contributed by atoms with van der Waals surface area (Å²) in [5.41, 5.74) is 1.70.